The van der Waals surface area contributed by atoms with E-state index >= 15 is 0 Å². The number of nitrogens with one attached hydrogen (secondary N) is 2. The van der Waals surface area contributed by atoms with Gasteiger partial charge in [-0.15, -0.1) is 10.2 Å². The van der Waals surface area contributed by atoms with Gasteiger partial charge in [-0.25, -0.2) is 18.1 Å². The van der Waals surface area contributed by atoms with E-state index in [1.807, 2.05) is 17.4 Å². The summed E-state index contributed by atoms with van der Waals surface area (Å²) in [6.07, 6.45) is 5.06. The molecule has 3 aromatic heterocycles. The van der Waals surface area contributed by atoms with Crippen molar-refractivity contribution in [3.05, 3.63) is 24.3 Å². The number of nitrogens with zero attached hydrogens (tertiary/aromatic N) is 4. The first-order chi connectivity index (χ1) is 12.4. The van der Waals surface area contributed by atoms with Gasteiger partial charge in [-0.1, -0.05) is 13.3 Å². The lowest BCUT2D eigenvalue weighted by atomic mass is 9.93. The van der Waals surface area contributed by atoms with Gasteiger partial charge in [0.2, 0.25) is 0 Å². The molecule has 0 aromatic carbocycles. The summed E-state index contributed by atoms with van der Waals surface area (Å²) in [6, 6.07) is 1.33. The number of hydrogen-bond donors (Lipinski definition) is 2. The van der Waals surface area contributed by atoms with Gasteiger partial charge in [0.15, 0.2) is 11.3 Å². The van der Waals surface area contributed by atoms with Gasteiger partial charge in [-0.3, -0.25) is 4.40 Å². The van der Waals surface area contributed by atoms with E-state index in [4.69, 9.17) is 0 Å². The van der Waals surface area contributed by atoms with Crippen LogP contribution in [0.2, 0.25) is 0 Å². The average Bonchev–Trinajstić information content (AvgIpc) is 3.30. The maximum atomic E-state index is 12.7. The second-order valence-electron chi connectivity index (χ2n) is 6.59. The number of alkyl halides is 2. The van der Waals surface area contributed by atoms with Crippen molar-refractivity contribution in [1.29, 1.82) is 0 Å². The largest absolute Gasteiger partial charge is 0.350 e. The summed E-state index contributed by atoms with van der Waals surface area (Å²) in [4.78, 5) is 7.31. The van der Waals surface area contributed by atoms with E-state index in [0.29, 0.717) is 30.0 Å². The molecule has 1 aliphatic carbocycles. The summed E-state index contributed by atoms with van der Waals surface area (Å²) in [5.41, 5.74) is 2.12. The molecule has 3 aromatic rings. The third-order valence-corrected chi connectivity index (χ3v) is 6.21. The zero-order valence-electron chi connectivity index (χ0n) is 13.9. The molecule has 0 radical (unpaired) electrons. The van der Waals surface area contributed by atoms with E-state index in [1.165, 1.54) is 0 Å². The quantitative estimate of drug-likeness (QED) is 0.700. The van der Waals surface area contributed by atoms with E-state index < -0.39 is 21.8 Å². The van der Waals surface area contributed by atoms with Gasteiger partial charge in [-0.05, 0) is 24.8 Å². The number of halogens is 2. The first-order valence-electron chi connectivity index (χ1n) is 8.37. The summed E-state index contributed by atoms with van der Waals surface area (Å²) in [5, 5.41) is 8.47. The van der Waals surface area contributed by atoms with Crippen molar-refractivity contribution >= 4 is 26.8 Å². The van der Waals surface area contributed by atoms with Gasteiger partial charge in [-0.2, -0.15) is 8.78 Å². The second-order valence-corrected chi connectivity index (χ2v) is 8.27. The Hall–Kier alpha value is -2.14. The highest BCUT2D eigenvalue weighted by molar-refractivity contribution is 7.89. The minimum atomic E-state index is -4.61. The fourth-order valence-corrected chi connectivity index (χ4v) is 4.67. The van der Waals surface area contributed by atoms with Crippen molar-refractivity contribution in [3.8, 4) is 0 Å². The Balaban J connectivity index is 1.71. The van der Waals surface area contributed by atoms with E-state index in [2.05, 4.69) is 24.9 Å². The molecule has 0 unspecified atom stereocenters. The number of fused-ring (bicyclic) bond motifs is 3. The molecule has 140 valence electrons. The van der Waals surface area contributed by atoms with Gasteiger partial charge in [0.25, 0.3) is 10.0 Å². The molecule has 1 saturated carbocycles. The van der Waals surface area contributed by atoms with Crippen LogP contribution in [0.25, 0.3) is 16.8 Å². The minimum Gasteiger partial charge on any atom is -0.345 e. The number of rotatable bonds is 5. The fourth-order valence-electron chi connectivity index (χ4n) is 3.91. The molecule has 0 spiro atoms. The van der Waals surface area contributed by atoms with Gasteiger partial charge in [0, 0.05) is 18.2 Å². The molecule has 0 saturated heterocycles. The Labute approximate surface area is 148 Å². The Kier molecular flexibility index (Phi) is 4.14. The Morgan fingerprint density at radius 3 is 2.92 bits per heavy atom. The summed E-state index contributed by atoms with van der Waals surface area (Å²) in [5.74, 6) is -2.69. The predicted molar refractivity (Wildman–Crippen MR) is 90.2 cm³/mol. The van der Waals surface area contributed by atoms with Crippen molar-refractivity contribution in [2.45, 2.75) is 43.9 Å². The van der Waals surface area contributed by atoms with Crippen LogP contribution in [0, 0.1) is 5.92 Å². The molecule has 8 nitrogen and oxygen atoms in total. The number of aromatic nitrogens is 5. The van der Waals surface area contributed by atoms with E-state index in [9.17, 15) is 17.2 Å². The van der Waals surface area contributed by atoms with Crippen LogP contribution in [0.15, 0.2) is 18.5 Å². The molecule has 26 heavy (non-hydrogen) atoms. The van der Waals surface area contributed by atoms with Crippen LogP contribution >= 0.6 is 0 Å². The van der Waals surface area contributed by atoms with Crippen molar-refractivity contribution in [1.82, 2.24) is 29.3 Å². The number of H-pyrrole nitrogens is 1. The maximum Gasteiger partial charge on any atom is 0.350 e. The van der Waals surface area contributed by atoms with Crippen molar-refractivity contribution in [2.24, 2.45) is 5.92 Å². The van der Waals surface area contributed by atoms with Crippen LogP contribution in [-0.2, 0) is 10.0 Å². The van der Waals surface area contributed by atoms with Crippen LogP contribution in [0.3, 0.4) is 0 Å². The standard InChI is InChI=1S/C15H18F2N6O2S/c1-2-8-5-9(22-26(24,25)15(16)17)6-10(8)14-21-20-12-7-19-13-11(23(12)14)3-4-18-13/h3-4,7-10,15,18,22H,2,5-6H2,1H3/t8-,9+,10+/m1/s1. The van der Waals surface area contributed by atoms with Crippen LogP contribution in [0.1, 0.15) is 37.9 Å². The molecule has 4 rings (SSSR count). The van der Waals surface area contributed by atoms with Crippen LogP contribution < -0.4 is 4.72 Å². The SMILES string of the molecule is CC[C@@H]1C[C@H](NS(=O)(=O)C(F)F)C[C@@H]1c1nnc2cnc3[nH]ccc3n12. The monoisotopic (exact) mass is 384 g/mol. The normalized spacial score (nSPS) is 24.2. The lowest BCUT2D eigenvalue weighted by molar-refractivity contribution is 0.231. The van der Waals surface area contributed by atoms with Crippen molar-refractivity contribution in [3.63, 3.8) is 0 Å². The smallest absolute Gasteiger partial charge is 0.345 e. The Morgan fingerprint density at radius 2 is 2.19 bits per heavy atom. The molecule has 3 heterocycles. The van der Waals surface area contributed by atoms with Crippen molar-refractivity contribution in [2.75, 3.05) is 0 Å². The summed E-state index contributed by atoms with van der Waals surface area (Å²) in [7, 11) is -4.61. The third-order valence-electron chi connectivity index (χ3n) is 5.08. The topological polar surface area (TPSA) is 105 Å². The fraction of sp³-hybridized carbons (Fsp3) is 0.533. The number of hydrogen-bond acceptors (Lipinski definition) is 5. The Bertz CT molecular complexity index is 1050. The molecule has 1 aliphatic rings. The molecule has 2 N–H and O–H groups in total. The molecule has 1 fully saturated rings. The van der Waals surface area contributed by atoms with Gasteiger partial charge in [0.1, 0.15) is 5.82 Å². The second kappa shape index (κ2) is 6.23. The molecule has 0 aliphatic heterocycles. The molecule has 0 bridgehead atoms. The van der Waals surface area contributed by atoms with E-state index in [-0.39, 0.29) is 11.8 Å². The lowest BCUT2D eigenvalue weighted by Crippen LogP contribution is -2.36. The van der Waals surface area contributed by atoms with E-state index in [0.717, 1.165) is 11.9 Å². The summed E-state index contributed by atoms with van der Waals surface area (Å²) < 4.78 is 52.4. The lowest BCUT2D eigenvalue weighted by Gasteiger charge is -2.16. The van der Waals surface area contributed by atoms with Crippen LogP contribution in [-0.4, -0.2) is 44.8 Å². The first-order valence-corrected chi connectivity index (χ1v) is 9.91. The molecular formula is C15H18F2N6O2S. The number of sulfonamides is 1. The van der Waals surface area contributed by atoms with Gasteiger partial charge >= 0.3 is 5.76 Å². The zero-order valence-corrected chi connectivity index (χ0v) is 14.7. The molecule has 3 atom stereocenters. The summed E-state index contributed by atoms with van der Waals surface area (Å²) >= 11 is 0. The van der Waals surface area contributed by atoms with Crippen LogP contribution in [0.5, 0.6) is 0 Å². The highest BCUT2D eigenvalue weighted by Gasteiger charge is 2.40. The Morgan fingerprint density at radius 1 is 1.38 bits per heavy atom. The average molecular weight is 384 g/mol. The minimum absolute atomic E-state index is 0.0825. The highest BCUT2D eigenvalue weighted by Crippen LogP contribution is 2.41. The van der Waals surface area contributed by atoms with E-state index in [1.54, 1.807) is 12.4 Å². The first kappa shape index (κ1) is 17.3. The molecule has 0 amide bonds. The summed E-state index contributed by atoms with van der Waals surface area (Å²) in [6.45, 7) is 2.00. The third kappa shape index (κ3) is 2.75. The highest BCUT2D eigenvalue weighted by atomic mass is 32.2. The maximum absolute atomic E-state index is 12.7. The van der Waals surface area contributed by atoms with Crippen molar-refractivity contribution < 1.29 is 17.2 Å². The number of aromatic amines is 1. The van der Waals surface area contributed by atoms with Gasteiger partial charge in [0.05, 0.1) is 11.7 Å². The zero-order chi connectivity index (χ0) is 18.5. The van der Waals surface area contributed by atoms with Gasteiger partial charge < -0.3 is 4.98 Å². The molecule has 11 heteroatoms. The van der Waals surface area contributed by atoms with Crippen LogP contribution in [0.4, 0.5) is 8.78 Å². The molecular weight excluding hydrogens is 366 g/mol. The predicted octanol–water partition coefficient (Wildman–Crippen LogP) is 2.02.